The Morgan fingerprint density at radius 2 is 2.00 bits per heavy atom. The molecular formula is C17H27NO2. The van der Waals surface area contributed by atoms with Gasteiger partial charge in [-0.1, -0.05) is 30.7 Å². The number of hydrogen-bond donors (Lipinski definition) is 1. The zero-order chi connectivity index (χ0) is 14.4. The lowest BCUT2D eigenvalue weighted by atomic mass is 9.97. The van der Waals surface area contributed by atoms with E-state index in [-0.39, 0.29) is 6.29 Å². The minimum atomic E-state index is -0.0329. The van der Waals surface area contributed by atoms with Gasteiger partial charge in [0.2, 0.25) is 0 Å². The summed E-state index contributed by atoms with van der Waals surface area (Å²) in [5.74, 6) is 0. The van der Waals surface area contributed by atoms with Crippen LogP contribution in [-0.4, -0.2) is 32.1 Å². The van der Waals surface area contributed by atoms with Crippen LogP contribution < -0.4 is 5.32 Å². The largest absolute Gasteiger partial charge is 0.350 e. The van der Waals surface area contributed by atoms with Gasteiger partial charge < -0.3 is 14.8 Å². The topological polar surface area (TPSA) is 30.5 Å². The number of hydrogen-bond acceptors (Lipinski definition) is 3. The predicted molar refractivity (Wildman–Crippen MR) is 82.0 cm³/mol. The van der Waals surface area contributed by atoms with Crippen molar-refractivity contribution in [1.29, 1.82) is 0 Å². The summed E-state index contributed by atoms with van der Waals surface area (Å²) in [6, 6.07) is 7.10. The molecule has 0 radical (unpaired) electrons. The average molecular weight is 277 g/mol. The molecule has 1 aromatic rings. The lowest BCUT2D eigenvalue weighted by molar-refractivity contribution is -0.0526. The van der Waals surface area contributed by atoms with E-state index < -0.39 is 0 Å². The molecule has 1 aliphatic heterocycles. The minimum Gasteiger partial charge on any atom is -0.350 e. The molecule has 0 spiro atoms. The van der Waals surface area contributed by atoms with Gasteiger partial charge in [-0.2, -0.15) is 0 Å². The van der Waals surface area contributed by atoms with E-state index in [1.54, 1.807) is 0 Å². The first-order valence-electron chi connectivity index (χ1n) is 7.71. The van der Waals surface area contributed by atoms with E-state index in [0.717, 1.165) is 39.0 Å². The SMILES string of the molecule is CCCNC(Cc1cc(C)ccc1C)CC1OCCO1. The summed E-state index contributed by atoms with van der Waals surface area (Å²) in [5, 5.41) is 3.63. The molecule has 1 unspecified atom stereocenters. The minimum absolute atomic E-state index is 0.0329. The Balaban J connectivity index is 1.99. The smallest absolute Gasteiger partial charge is 0.159 e. The summed E-state index contributed by atoms with van der Waals surface area (Å²) in [4.78, 5) is 0. The molecule has 1 aliphatic rings. The van der Waals surface area contributed by atoms with Gasteiger partial charge in [-0.05, 0) is 44.4 Å². The van der Waals surface area contributed by atoms with E-state index in [2.05, 4.69) is 44.3 Å². The Morgan fingerprint density at radius 3 is 2.70 bits per heavy atom. The fourth-order valence-electron chi connectivity index (χ4n) is 2.65. The van der Waals surface area contributed by atoms with Crippen LogP contribution in [0.25, 0.3) is 0 Å². The molecule has 1 aromatic carbocycles. The maximum absolute atomic E-state index is 5.59. The lowest BCUT2D eigenvalue weighted by Gasteiger charge is -2.22. The highest BCUT2D eigenvalue weighted by Gasteiger charge is 2.21. The quantitative estimate of drug-likeness (QED) is 0.831. The molecule has 1 heterocycles. The molecule has 0 amide bonds. The van der Waals surface area contributed by atoms with Crippen LogP contribution in [0.4, 0.5) is 0 Å². The molecule has 3 nitrogen and oxygen atoms in total. The van der Waals surface area contributed by atoms with Gasteiger partial charge in [0.05, 0.1) is 13.2 Å². The molecule has 3 heteroatoms. The zero-order valence-corrected chi connectivity index (χ0v) is 12.9. The van der Waals surface area contributed by atoms with Gasteiger partial charge in [-0.25, -0.2) is 0 Å². The highest BCUT2D eigenvalue weighted by Crippen LogP contribution is 2.17. The maximum Gasteiger partial charge on any atom is 0.159 e. The van der Waals surface area contributed by atoms with Crippen LogP contribution in [-0.2, 0) is 15.9 Å². The first-order chi connectivity index (χ1) is 9.69. The second kappa shape index (κ2) is 7.77. The molecule has 1 N–H and O–H groups in total. The number of ether oxygens (including phenoxy) is 2. The van der Waals surface area contributed by atoms with Crippen LogP contribution in [0.2, 0.25) is 0 Å². The van der Waals surface area contributed by atoms with Crippen molar-refractivity contribution >= 4 is 0 Å². The van der Waals surface area contributed by atoms with E-state index in [1.165, 1.54) is 16.7 Å². The summed E-state index contributed by atoms with van der Waals surface area (Å²) in [5.41, 5.74) is 4.12. The van der Waals surface area contributed by atoms with Gasteiger partial charge in [0.1, 0.15) is 0 Å². The third-order valence-electron chi connectivity index (χ3n) is 3.82. The van der Waals surface area contributed by atoms with Gasteiger partial charge in [-0.3, -0.25) is 0 Å². The van der Waals surface area contributed by atoms with Crippen molar-refractivity contribution in [2.75, 3.05) is 19.8 Å². The summed E-state index contributed by atoms with van der Waals surface area (Å²) in [6.07, 6.45) is 3.08. The van der Waals surface area contributed by atoms with Crippen LogP contribution in [0, 0.1) is 13.8 Å². The summed E-state index contributed by atoms with van der Waals surface area (Å²) >= 11 is 0. The second-order valence-electron chi connectivity index (χ2n) is 5.69. The highest BCUT2D eigenvalue weighted by molar-refractivity contribution is 5.31. The van der Waals surface area contributed by atoms with E-state index >= 15 is 0 Å². The molecule has 1 saturated heterocycles. The zero-order valence-electron chi connectivity index (χ0n) is 12.9. The van der Waals surface area contributed by atoms with Crippen LogP contribution in [0.3, 0.4) is 0 Å². The van der Waals surface area contributed by atoms with E-state index in [0.29, 0.717) is 6.04 Å². The standard InChI is InChI=1S/C17H27NO2/c1-4-7-18-16(12-17-19-8-9-20-17)11-15-10-13(2)5-6-14(15)3/h5-6,10,16-18H,4,7-9,11-12H2,1-3H3. The van der Waals surface area contributed by atoms with Gasteiger partial charge in [0, 0.05) is 12.5 Å². The van der Waals surface area contributed by atoms with E-state index in [1.807, 2.05) is 0 Å². The highest BCUT2D eigenvalue weighted by atomic mass is 16.7. The fourth-order valence-corrected chi connectivity index (χ4v) is 2.65. The van der Waals surface area contributed by atoms with Gasteiger partial charge in [-0.15, -0.1) is 0 Å². The van der Waals surface area contributed by atoms with Crippen molar-refractivity contribution in [1.82, 2.24) is 5.32 Å². The average Bonchev–Trinajstić information content (AvgIpc) is 2.93. The van der Waals surface area contributed by atoms with Crippen molar-refractivity contribution in [3.05, 3.63) is 34.9 Å². The molecule has 2 rings (SSSR count). The third-order valence-corrected chi connectivity index (χ3v) is 3.82. The van der Waals surface area contributed by atoms with Crippen molar-refractivity contribution in [3.8, 4) is 0 Å². The van der Waals surface area contributed by atoms with Gasteiger partial charge in [0.25, 0.3) is 0 Å². The first kappa shape index (κ1) is 15.5. The molecular weight excluding hydrogens is 250 g/mol. The number of nitrogens with one attached hydrogen (secondary N) is 1. The lowest BCUT2D eigenvalue weighted by Crippen LogP contribution is -2.35. The second-order valence-corrected chi connectivity index (χ2v) is 5.69. The molecule has 0 aliphatic carbocycles. The molecule has 20 heavy (non-hydrogen) atoms. The van der Waals surface area contributed by atoms with Crippen LogP contribution >= 0.6 is 0 Å². The van der Waals surface area contributed by atoms with Gasteiger partial charge in [0.15, 0.2) is 6.29 Å². The van der Waals surface area contributed by atoms with Crippen LogP contribution in [0.15, 0.2) is 18.2 Å². The van der Waals surface area contributed by atoms with Crippen molar-refractivity contribution in [2.24, 2.45) is 0 Å². The Morgan fingerprint density at radius 1 is 1.25 bits per heavy atom. The first-order valence-corrected chi connectivity index (χ1v) is 7.71. The van der Waals surface area contributed by atoms with Crippen molar-refractivity contribution < 1.29 is 9.47 Å². The maximum atomic E-state index is 5.59. The third kappa shape index (κ3) is 4.58. The summed E-state index contributed by atoms with van der Waals surface area (Å²) in [6.45, 7) is 9.05. The predicted octanol–water partition coefficient (Wildman–Crippen LogP) is 2.98. The van der Waals surface area contributed by atoms with Crippen LogP contribution in [0.1, 0.15) is 36.5 Å². The molecule has 0 bridgehead atoms. The Kier molecular flexibility index (Phi) is 6.02. The Hall–Kier alpha value is -0.900. The molecule has 0 saturated carbocycles. The monoisotopic (exact) mass is 277 g/mol. The molecule has 1 atom stereocenters. The number of benzene rings is 1. The summed E-state index contributed by atoms with van der Waals surface area (Å²) in [7, 11) is 0. The Labute approximate surface area is 122 Å². The van der Waals surface area contributed by atoms with Crippen molar-refractivity contribution in [2.45, 2.75) is 52.4 Å². The molecule has 1 fully saturated rings. The van der Waals surface area contributed by atoms with E-state index in [9.17, 15) is 0 Å². The number of aryl methyl sites for hydroxylation is 2. The normalized spacial score (nSPS) is 17.6. The van der Waals surface area contributed by atoms with Gasteiger partial charge >= 0.3 is 0 Å². The fraction of sp³-hybridized carbons (Fsp3) is 0.647. The Bertz CT molecular complexity index is 413. The van der Waals surface area contributed by atoms with Crippen molar-refractivity contribution in [3.63, 3.8) is 0 Å². The summed E-state index contributed by atoms with van der Waals surface area (Å²) < 4.78 is 11.2. The molecule has 0 aromatic heterocycles. The number of rotatable bonds is 7. The van der Waals surface area contributed by atoms with Crippen LogP contribution in [0.5, 0.6) is 0 Å². The van der Waals surface area contributed by atoms with E-state index in [4.69, 9.17) is 9.47 Å². The molecule has 112 valence electrons.